The summed E-state index contributed by atoms with van der Waals surface area (Å²) in [6.45, 7) is 1.78. The first kappa shape index (κ1) is 16.8. The van der Waals surface area contributed by atoms with Crippen molar-refractivity contribution in [2.45, 2.75) is 0 Å². The van der Waals surface area contributed by atoms with Crippen molar-refractivity contribution in [2.24, 2.45) is 0 Å². The summed E-state index contributed by atoms with van der Waals surface area (Å²) in [5, 5.41) is 8.29. The van der Waals surface area contributed by atoms with Gasteiger partial charge in [-0.15, -0.1) is 5.10 Å². The van der Waals surface area contributed by atoms with E-state index in [1.807, 2.05) is 4.90 Å². The molecule has 0 aliphatic carbocycles. The topological polar surface area (TPSA) is 97.1 Å². The van der Waals surface area contributed by atoms with Gasteiger partial charge in [-0.1, -0.05) is 5.21 Å². The molecule has 0 radical (unpaired) electrons. The number of halogens is 1. The molecule has 136 valence electrons. The minimum absolute atomic E-state index is 0.336. The number of piperazine rings is 1. The van der Waals surface area contributed by atoms with E-state index in [0.717, 1.165) is 0 Å². The Kier molecular flexibility index (Phi) is 4.04. The molecular weight excluding hydrogens is 361 g/mol. The van der Waals surface area contributed by atoms with E-state index in [1.54, 1.807) is 12.1 Å². The Balaban J connectivity index is 1.67. The van der Waals surface area contributed by atoms with E-state index in [-0.39, 0.29) is 5.82 Å². The normalized spacial score (nSPS) is 16.3. The van der Waals surface area contributed by atoms with Crippen LogP contribution < -0.4 is 4.90 Å². The molecule has 0 N–H and O–H groups in total. The molecule has 9 nitrogen and oxygen atoms in total. The number of fused-ring (bicyclic) bond motifs is 1. The van der Waals surface area contributed by atoms with Gasteiger partial charge >= 0.3 is 0 Å². The van der Waals surface area contributed by atoms with Crippen molar-refractivity contribution in [2.75, 3.05) is 37.3 Å². The van der Waals surface area contributed by atoms with Gasteiger partial charge in [-0.3, -0.25) is 0 Å². The van der Waals surface area contributed by atoms with Crippen LogP contribution in [-0.2, 0) is 10.0 Å². The first-order chi connectivity index (χ1) is 12.4. The molecule has 0 amide bonds. The fourth-order valence-corrected chi connectivity index (χ4v) is 3.78. The number of sulfonamides is 1. The Hall–Kier alpha value is -2.66. The van der Waals surface area contributed by atoms with Gasteiger partial charge in [-0.25, -0.2) is 22.8 Å². The smallest absolute Gasteiger partial charge is 0.211 e. The van der Waals surface area contributed by atoms with Gasteiger partial charge < -0.3 is 4.90 Å². The van der Waals surface area contributed by atoms with E-state index in [9.17, 15) is 12.8 Å². The van der Waals surface area contributed by atoms with Crippen LogP contribution in [0.2, 0.25) is 0 Å². The second-order valence-corrected chi connectivity index (χ2v) is 7.98. The summed E-state index contributed by atoms with van der Waals surface area (Å²) < 4.78 is 39.4. The Bertz CT molecular complexity index is 1040. The van der Waals surface area contributed by atoms with E-state index >= 15 is 0 Å². The fraction of sp³-hybridized carbons (Fsp3) is 0.333. The van der Waals surface area contributed by atoms with Gasteiger partial charge in [0, 0.05) is 26.2 Å². The summed E-state index contributed by atoms with van der Waals surface area (Å²) in [6.07, 6.45) is 2.63. The lowest BCUT2D eigenvalue weighted by atomic mass is 10.3. The number of hydrogen-bond donors (Lipinski definition) is 0. The lowest BCUT2D eigenvalue weighted by Gasteiger charge is -2.33. The number of rotatable bonds is 3. The fourth-order valence-electron chi connectivity index (χ4n) is 2.96. The maximum absolute atomic E-state index is 13.1. The zero-order valence-corrected chi connectivity index (χ0v) is 14.8. The number of anilines is 1. The molecule has 0 unspecified atom stereocenters. The maximum atomic E-state index is 13.1. The molecule has 4 rings (SSSR count). The van der Waals surface area contributed by atoms with Crippen molar-refractivity contribution >= 4 is 27.0 Å². The number of benzene rings is 1. The van der Waals surface area contributed by atoms with E-state index < -0.39 is 10.0 Å². The third kappa shape index (κ3) is 2.99. The lowest BCUT2D eigenvalue weighted by molar-refractivity contribution is 0.387. The summed E-state index contributed by atoms with van der Waals surface area (Å²) >= 11 is 0. The Morgan fingerprint density at radius 2 is 1.73 bits per heavy atom. The summed E-state index contributed by atoms with van der Waals surface area (Å²) in [6, 6.07) is 5.87. The Morgan fingerprint density at radius 3 is 2.38 bits per heavy atom. The van der Waals surface area contributed by atoms with Crippen LogP contribution in [0.5, 0.6) is 0 Å². The van der Waals surface area contributed by atoms with E-state index in [1.165, 1.54) is 33.7 Å². The molecule has 3 aromatic rings. The largest absolute Gasteiger partial charge is 0.352 e. The second-order valence-electron chi connectivity index (χ2n) is 6.00. The number of hydrogen-bond acceptors (Lipinski definition) is 7. The van der Waals surface area contributed by atoms with Crippen LogP contribution >= 0.6 is 0 Å². The van der Waals surface area contributed by atoms with Gasteiger partial charge in [0.05, 0.1) is 11.9 Å². The minimum Gasteiger partial charge on any atom is -0.352 e. The molecule has 0 bridgehead atoms. The van der Waals surface area contributed by atoms with Crippen molar-refractivity contribution in [1.82, 2.24) is 29.3 Å². The molecule has 2 aromatic heterocycles. The molecule has 1 aliphatic heterocycles. The summed E-state index contributed by atoms with van der Waals surface area (Å²) in [5.41, 5.74) is 1.66. The van der Waals surface area contributed by atoms with Crippen LogP contribution in [0.3, 0.4) is 0 Å². The Labute approximate surface area is 149 Å². The summed E-state index contributed by atoms with van der Waals surface area (Å²) in [5.74, 6) is 0.272. The molecule has 1 aliphatic rings. The van der Waals surface area contributed by atoms with Gasteiger partial charge in [-0.2, -0.15) is 8.99 Å². The van der Waals surface area contributed by atoms with Crippen LogP contribution in [0.15, 0.2) is 30.6 Å². The molecule has 1 fully saturated rings. The number of aromatic nitrogens is 5. The highest BCUT2D eigenvalue weighted by Gasteiger charge is 2.26. The molecule has 1 saturated heterocycles. The summed E-state index contributed by atoms with van der Waals surface area (Å²) in [7, 11) is -3.20. The molecule has 0 saturated carbocycles. The zero-order chi connectivity index (χ0) is 18.3. The average molecular weight is 377 g/mol. The van der Waals surface area contributed by atoms with Crippen molar-refractivity contribution in [3.63, 3.8) is 0 Å². The van der Waals surface area contributed by atoms with Crippen LogP contribution in [0.4, 0.5) is 10.2 Å². The molecule has 26 heavy (non-hydrogen) atoms. The minimum atomic E-state index is -3.20. The predicted octanol–water partition coefficient (Wildman–Crippen LogP) is 0.431. The predicted molar refractivity (Wildman–Crippen MR) is 93.0 cm³/mol. The SMILES string of the molecule is CS(=O)(=O)N1CCN(c2ncnc3c2nnn3-c2ccc(F)cc2)CC1. The third-order valence-corrected chi connectivity index (χ3v) is 5.60. The van der Waals surface area contributed by atoms with E-state index in [4.69, 9.17) is 0 Å². The van der Waals surface area contributed by atoms with Crippen LogP contribution in [-0.4, -0.2) is 70.1 Å². The van der Waals surface area contributed by atoms with Gasteiger partial charge in [0.1, 0.15) is 12.1 Å². The van der Waals surface area contributed by atoms with Crippen molar-refractivity contribution in [3.05, 3.63) is 36.4 Å². The van der Waals surface area contributed by atoms with Gasteiger partial charge in [-0.05, 0) is 24.3 Å². The summed E-state index contributed by atoms with van der Waals surface area (Å²) in [4.78, 5) is 10.5. The third-order valence-electron chi connectivity index (χ3n) is 4.30. The van der Waals surface area contributed by atoms with Crippen molar-refractivity contribution < 1.29 is 12.8 Å². The van der Waals surface area contributed by atoms with Crippen LogP contribution in [0.25, 0.3) is 16.9 Å². The maximum Gasteiger partial charge on any atom is 0.211 e. The second kappa shape index (κ2) is 6.25. The first-order valence-electron chi connectivity index (χ1n) is 7.96. The van der Waals surface area contributed by atoms with Crippen molar-refractivity contribution in [3.8, 4) is 5.69 Å². The lowest BCUT2D eigenvalue weighted by Crippen LogP contribution is -2.48. The highest BCUT2D eigenvalue weighted by atomic mass is 32.2. The molecule has 11 heteroatoms. The Morgan fingerprint density at radius 1 is 1.04 bits per heavy atom. The molecule has 0 spiro atoms. The highest BCUT2D eigenvalue weighted by Crippen LogP contribution is 2.24. The average Bonchev–Trinajstić information content (AvgIpc) is 3.06. The van der Waals surface area contributed by atoms with Gasteiger partial charge in [0.2, 0.25) is 10.0 Å². The van der Waals surface area contributed by atoms with Crippen molar-refractivity contribution in [1.29, 1.82) is 0 Å². The monoisotopic (exact) mass is 377 g/mol. The first-order valence-corrected chi connectivity index (χ1v) is 9.81. The van der Waals surface area contributed by atoms with Gasteiger partial charge in [0.25, 0.3) is 0 Å². The molecular formula is C15H16FN7O2S. The van der Waals surface area contributed by atoms with E-state index in [0.29, 0.717) is 48.8 Å². The molecule has 3 heterocycles. The van der Waals surface area contributed by atoms with Crippen LogP contribution in [0.1, 0.15) is 0 Å². The van der Waals surface area contributed by atoms with Gasteiger partial charge in [0.15, 0.2) is 17.0 Å². The standard InChI is InChI=1S/C15H16FN7O2S/c1-26(24,25)22-8-6-21(7-9-22)14-13-15(18-10-17-14)23(20-19-13)12-4-2-11(16)3-5-12/h2-5,10H,6-9H2,1H3. The molecule has 0 atom stereocenters. The quantitative estimate of drug-likeness (QED) is 0.653. The number of nitrogens with zero attached hydrogens (tertiary/aromatic N) is 7. The van der Waals surface area contributed by atoms with Crippen LogP contribution in [0, 0.1) is 5.82 Å². The molecule has 1 aromatic carbocycles. The van der Waals surface area contributed by atoms with E-state index in [2.05, 4.69) is 20.3 Å². The highest BCUT2D eigenvalue weighted by molar-refractivity contribution is 7.88. The zero-order valence-electron chi connectivity index (χ0n) is 13.9.